The Hall–Kier alpha value is -0.650. The van der Waals surface area contributed by atoms with Crippen LogP contribution in [0.3, 0.4) is 0 Å². The molecule has 0 aromatic carbocycles. The molecule has 17 heavy (non-hydrogen) atoms. The van der Waals surface area contributed by atoms with Gasteiger partial charge in [0.2, 0.25) is 5.91 Å². The number of amides is 1. The zero-order valence-corrected chi connectivity index (χ0v) is 10.5. The minimum atomic E-state index is -0.482. The predicted octanol–water partition coefficient (Wildman–Crippen LogP) is 0.0175. The number of aliphatic hydroxyl groups excluding tert-OH is 1. The van der Waals surface area contributed by atoms with Gasteiger partial charge in [-0.15, -0.1) is 0 Å². The lowest BCUT2D eigenvalue weighted by Crippen LogP contribution is -2.43. The highest BCUT2D eigenvalue weighted by Crippen LogP contribution is 2.23. The second-order valence-corrected chi connectivity index (χ2v) is 4.81. The van der Waals surface area contributed by atoms with E-state index in [-0.39, 0.29) is 12.0 Å². The van der Waals surface area contributed by atoms with Crippen molar-refractivity contribution in [2.24, 2.45) is 11.7 Å². The van der Waals surface area contributed by atoms with Crippen LogP contribution in [0.1, 0.15) is 32.1 Å². The van der Waals surface area contributed by atoms with Gasteiger partial charge in [-0.3, -0.25) is 4.79 Å². The van der Waals surface area contributed by atoms with Crippen LogP contribution in [-0.4, -0.2) is 43.4 Å². The molecule has 0 aromatic heterocycles. The van der Waals surface area contributed by atoms with E-state index in [9.17, 15) is 9.90 Å². The number of carbonyl (C=O) groups is 1. The van der Waals surface area contributed by atoms with E-state index in [0.717, 1.165) is 25.7 Å². The summed E-state index contributed by atoms with van der Waals surface area (Å²) in [7, 11) is 1.60. The SMILES string of the molecule is COCCC(N)C(=O)NCC1CCC(O)CC1. The fraction of sp³-hybridized carbons (Fsp3) is 0.917. The molecule has 1 aliphatic rings. The number of methoxy groups -OCH3 is 1. The van der Waals surface area contributed by atoms with Gasteiger partial charge in [-0.25, -0.2) is 0 Å². The minimum Gasteiger partial charge on any atom is -0.393 e. The van der Waals surface area contributed by atoms with Crippen LogP contribution in [-0.2, 0) is 9.53 Å². The third-order valence-corrected chi connectivity index (χ3v) is 3.35. The number of rotatable bonds is 6. The van der Waals surface area contributed by atoms with Crippen molar-refractivity contribution in [1.29, 1.82) is 0 Å². The molecule has 4 N–H and O–H groups in total. The van der Waals surface area contributed by atoms with Crippen LogP contribution >= 0.6 is 0 Å². The van der Waals surface area contributed by atoms with Gasteiger partial charge in [-0.2, -0.15) is 0 Å². The number of carbonyl (C=O) groups excluding carboxylic acids is 1. The molecule has 1 rings (SSSR count). The number of hydrogen-bond donors (Lipinski definition) is 3. The molecule has 1 fully saturated rings. The fourth-order valence-electron chi connectivity index (χ4n) is 2.10. The fourth-order valence-corrected chi connectivity index (χ4v) is 2.10. The van der Waals surface area contributed by atoms with Crippen molar-refractivity contribution in [2.75, 3.05) is 20.3 Å². The van der Waals surface area contributed by atoms with Crippen molar-refractivity contribution in [3.05, 3.63) is 0 Å². The summed E-state index contributed by atoms with van der Waals surface area (Å²) in [4.78, 5) is 11.6. The number of aliphatic hydroxyl groups is 1. The summed E-state index contributed by atoms with van der Waals surface area (Å²) in [5.41, 5.74) is 5.71. The molecule has 1 atom stereocenters. The zero-order valence-electron chi connectivity index (χ0n) is 10.5. The third-order valence-electron chi connectivity index (χ3n) is 3.35. The maximum absolute atomic E-state index is 11.6. The summed E-state index contributed by atoms with van der Waals surface area (Å²) in [5, 5.41) is 12.2. The zero-order chi connectivity index (χ0) is 12.7. The first-order chi connectivity index (χ1) is 8.13. The first-order valence-corrected chi connectivity index (χ1v) is 6.33. The molecule has 1 saturated carbocycles. The van der Waals surface area contributed by atoms with Crippen LogP contribution in [0.15, 0.2) is 0 Å². The Bertz CT molecular complexity index is 228. The third kappa shape index (κ3) is 5.48. The van der Waals surface area contributed by atoms with Crippen molar-refractivity contribution in [2.45, 2.75) is 44.2 Å². The van der Waals surface area contributed by atoms with Gasteiger partial charge < -0.3 is 20.9 Å². The van der Waals surface area contributed by atoms with Gasteiger partial charge >= 0.3 is 0 Å². The topological polar surface area (TPSA) is 84.6 Å². The van der Waals surface area contributed by atoms with Gasteiger partial charge in [-0.1, -0.05) is 0 Å². The maximum Gasteiger partial charge on any atom is 0.237 e. The second kappa shape index (κ2) is 7.63. The molecule has 0 saturated heterocycles. The van der Waals surface area contributed by atoms with Crippen molar-refractivity contribution >= 4 is 5.91 Å². The monoisotopic (exact) mass is 244 g/mol. The number of hydrogen-bond acceptors (Lipinski definition) is 4. The lowest BCUT2D eigenvalue weighted by molar-refractivity contribution is -0.123. The molecule has 1 aliphatic carbocycles. The number of ether oxygens (including phenoxy) is 1. The van der Waals surface area contributed by atoms with Crippen LogP contribution in [0.25, 0.3) is 0 Å². The molecule has 1 unspecified atom stereocenters. The van der Waals surface area contributed by atoms with Crippen molar-refractivity contribution in [3.63, 3.8) is 0 Å². The molecule has 0 aromatic rings. The molecule has 0 bridgehead atoms. The maximum atomic E-state index is 11.6. The molecule has 5 heteroatoms. The summed E-state index contributed by atoms with van der Waals surface area (Å²) < 4.78 is 4.88. The van der Waals surface area contributed by atoms with E-state index in [1.54, 1.807) is 7.11 Å². The Morgan fingerprint density at radius 3 is 2.71 bits per heavy atom. The number of nitrogens with one attached hydrogen (secondary N) is 1. The lowest BCUT2D eigenvalue weighted by atomic mass is 9.87. The second-order valence-electron chi connectivity index (χ2n) is 4.81. The Kier molecular flexibility index (Phi) is 6.47. The molecule has 100 valence electrons. The smallest absolute Gasteiger partial charge is 0.237 e. The highest BCUT2D eigenvalue weighted by atomic mass is 16.5. The van der Waals surface area contributed by atoms with E-state index in [1.165, 1.54) is 0 Å². The molecular weight excluding hydrogens is 220 g/mol. The largest absolute Gasteiger partial charge is 0.393 e. The van der Waals surface area contributed by atoms with Crippen molar-refractivity contribution in [3.8, 4) is 0 Å². The van der Waals surface area contributed by atoms with Crippen LogP contribution in [0.4, 0.5) is 0 Å². The Balaban J connectivity index is 2.14. The quantitative estimate of drug-likeness (QED) is 0.615. The normalized spacial score (nSPS) is 26.5. The molecule has 0 radical (unpaired) electrons. The standard InChI is InChI=1S/C12H24N2O3/c1-17-7-6-11(13)12(16)14-8-9-2-4-10(15)5-3-9/h9-11,15H,2-8,13H2,1H3,(H,14,16). The highest BCUT2D eigenvalue weighted by molar-refractivity contribution is 5.81. The molecule has 1 amide bonds. The van der Waals surface area contributed by atoms with Gasteiger partial charge in [-0.05, 0) is 38.0 Å². The first kappa shape index (κ1) is 14.4. The van der Waals surface area contributed by atoms with E-state index >= 15 is 0 Å². The molecule has 0 heterocycles. The number of nitrogens with two attached hydrogens (primary N) is 1. The van der Waals surface area contributed by atoms with E-state index in [4.69, 9.17) is 10.5 Å². The molecule has 5 nitrogen and oxygen atoms in total. The molecular formula is C12H24N2O3. The van der Waals surface area contributed by atoms with Crippen LogP contribution in [0.5, 0.6) is 0 Å². The van der Waals surface area contributed by atoms with Crippen LogP contribution in [0.2, 0.25) is 0 Å². The van der Waals surface area contributed by atoms with E-state index < -0.39 is 6.04 Å². The van der Waals surface area contributed by atoms with Gasteiger partial charge in [0.25, 0.3) is 0 Å². The van der Waals surface area contributed by atoms with E-state index in [2.05, 4.69) is 5.32 Å². The summed E-state index contributed by atoms with van der Waals surface area (Å²) >= 11 is 0. The lowest BCUT2D eigenvalue weighted by Gasteiger charge is -2.25. The molecule has 0 spiro atoms. The van der Waals surface area contributed by atoms with Crippen molar-refractivity contribution < 1.29 is 14.6 Å². The average Bonchev–Trinajstić information content (AvgIpc) is 2.34. The van der Waals surface area contributed by atoms with Crippen molar-refractivity contribution in [1.82, 2.24) is 5.32 Å². The molecule has 0 aliphatic heterocycles. The Morgan fingerprint density at radius 1 is 1.47 bits per heavy atom. The summed E-state index contributed by atoms with van der Waals surface area (Å²) in [6.07, 6.45) is 4.05. The Morgan fingerprint density at radius 2 is 2.12 bits per heavy atom. The summed E-state index contributed by atoms with van der Waals surface area (Å²) in [5.74, 6) is 0.380. The van der Waals surface area contributed by atoms with E-state index in [0.29, 0.717) is 25.5 Å². The minimum absolute atomic E-state index is 0.104. The average molecular weight is 244 g/mol. The summed E-state index contributed by atoms with van der Waals surface area (Å²) in [6.45, 7) is 1.18. The Labute approximate surface area is 103 Å². The van der Waals surface area contributed by atoms with Gasteiger partial charge in [0.1, 0.15) is 0 Å². The van der Waals surface area contributed by atoms with Crippen LogP contribution < -0.4 is 11.1 Å². The van der Waals surface area contributed by atoms with Gasteiger partial charge in [0.05, 0.1) is 12.1 Å². The van der Waals surface area contributed by atoms with Gasteiger partial charge in [0, 0.05) is 20.3 Å². The van der Waals surface area contributed by atoms with Gasteiger partial charge in [0.15, 0.2) is 0 Å². The van der Waals surface area contributed by atoms with Crippen LogP contribution in [0, 0.1) is 5.92 Å². The van der Waals surface area contributed by atoms with E-state index in [1.807, 2.05) is 0 Å². The summed E-state index contributed by atoms with van der Waals surface area (Å²) in [6, 6.07) is -0.482. The highest BCUT2D eigenvalue weighted by Gasteiger charge is 2.20. The predicted molar refractivity (Wildman–Crippen MR) is 65.4 cm³/mol. The first-order valence-electron chi connectivity index (χ1n) is 6.33.